The van der Waals surface area contributed by atoms with Gasteiger partial charge in [0.1, 0.15) is 0 Å². The minimum absolute atomic E-state index is 0.0511. The van der Waals surface area contributed by atoms with Crippen molar-refractivity contribution in [1.29, 1.82) is 0 Å². The molecule has 0 saturated carbocycles. The molecule has 1 N–H and O–H groups in total. The molecule has 1 aromatic heterocycles. The molecule has 0 atom stereocenters. The van der Waals surface area contributed by atoms with Crippen molar-refractivity contribution in [2.24, 2.45) is 0 Å². The van der Waals surface area contributed by atoms with Gasteiger partial charge in [0.25, 0.3) is 5.91 Å². The molecule has 3 rings (SSSR count). The minimum Gasteiger partial charge on any atom is -0.493 e. The quantitative estimate of drug-likeness (QED) is 0.350. The van der Waals surface area contributed by atoms with Gasteiger partial charge in [0, 0.05) is 5.69 Å². The average molecular weight is 451 g/mol. The van der Waals surface area contributed by atoms with Gasteiger partial charge in [0.05, 0.1) is 12.0 Å². The number of nitrogens with one attached hydrogen (secondary N) is 1. The summed E-state index contributed by atoms with van der Waals surface area (Å²) in [5.41, 5.74) is 2.52. The Balaban J connectivity index is 1.68. The van der Waals surface area contributed by atoms with Crippen molar-refractivity contribution >= 4 is 29.4 Å². The number of nitro groups is 1. The van der Waals surface area contributed by atoms with E-state index in [-0.39, 0.29) is 35.6 Å². The highest BCUT2D eigenvalue weighted by atomic mass is 16.6. The number of amides is 1. The summed E-state index contributed by atoms with van der Waals surface area (Å²) in [6.45, 7) is 5.43. The first-order valence-corrected chi connectivity index (χ1v) is 10.3. The molecule has 0 aliphatic heterocycles. The number of nitrogens with zero attached hydrogens (tertiary/aromatic N) is 2. The molecule has 0 unspecified atom stereocenters. The van der Waals surface area contributed by atoms with E-state index in [4.69, 9.17) is 14.0 Å². The first-order chi connectivity index (χ1) is 15.8. The molecule has 0 bridgehead atoms. The Hall–Kier alpha value is -4.14. The van der Waals surface area contributed by atoms with E-state index in [1.807, 2.05) is 24.3 Å². The molecule has 33 heavy (non-hydrogen) atoms. The predicted molar refractivity (Wildman–Crippen MR) is 124 cm³/mol. The van der Waals surface area contributed by atoms with Crippen molar-refractivity contribution in [1.82, 2.24) is 5.16 Å². The summed E-state index contributed by atoms with van der Waals surface area (Å²) in [4.78, 5) is 23.0. The van der Waals surface area contributed by atoms with Gasteiger partial charge in [-0.25, -0.2) is 0 Å². The lowest BCUT2D eigenvalue weighted by Gasteiger charge is -2.15. The van der Waals surface area contributed by atoms with Crippen LogP contribution in [0.15, 0.2) is 47.0 Å². The fraction of sp³-hybridized carbons (Fsp3) is 0.250. The number of aromatic nitrogens is 1. The number of anilines is 1. The number of ether oxygens (including phenoxy) is 2. The maximum atomic E-state index is 12.4. The summed E-state index contributed by atoms with van der Waals surface area (Å²) in [7, 11) is 1.49. The molecule has 1 heterocycles. The Kier molecular flexibility index (Phi) is 7.45. The lowest BCUT2D eigenvalue weighted by molar-refractivity contribution is -0.386. The van der Waals surface area contributed by atoms with Gasteiger partial charge in [-0.05, 0) is 48.2 Å². The molecular formula is C24H25N3O6. The van der Waals surface area contributed by atoms with Crippen LogP contribution in [0.3, 0.4) is 0 Å². The number of methoxy groups -OCH3 is 1. The van der Waals surface area contributed by atoms with Crippen molar-refractivity contribution in [3.8, 4) is 11.5 Å². The van der Waals surface area contributed by atoms with Gasteiger partial charge < -0.3 is 19.3 Å². The van der Waals surface area contributed by atoms with Crippen LogP contribution in [0.25, 0.3) is 12.2 Å². The van der Waals surface area contributed by atoms with Gasteiger partial charge >= 0.3 is 5.69 Å². The molecule has 0 saturated heterocycles. The lowest BCUT2D eigenvalue weighted by atomic mass is 10.0. The van der Waals surface area contributed by atoms with Crippen molar-refractivity contribution in [3.63, 3.8) is 0 Å². The van der Waals surface area contributed by atoms with E-state index in [2.05, 4.69) is 24.3 Å². The Labute approximate surface area is 191 Å². The SMILES string of the molecule is COc1cc(/C=C/c2onc(C)c2[N+](=O)[O-])ccc1OCC(=O)Nc1ccccc1C(C)C. The third-order valence-corrected chi connectivity index (χ3v) is 4.87. The summed E-state index contributed by atoms with van der Waals surface area (Å²) in [6.07, 6.45) is 3.10. The zero-order valence-corrected chi connectivity index (χ0v) is 18.8. The zero-order valence-electron chi connectivity index (χ0n) is 18.8. The van der Waals surface area contributed by atoms with Gasteiger partial charge in [-0.1, -0.05) is 49.3 Å². The van der Waals surface area contributed by atoms with Gasteiger partial charge in [0.15, 0.2) is 23.8 Å². The summed E-state index contributed by atoms with van der Waals surface area (Å²) < 4.78 is 16.0. The standard InChI is InChI=1S/C24H25N3O6/c1-15(2)18-7-5-6-8-19(18)25-23(28)14-32-20-11-9-17(13-22(20)31-4)10-12-21-24(27(29)30)16(3)26-33-21/h5-13,15H,14H2,1-4H3,(H,25,28)/b12-10+. The molecule has 2 aromatic carbocycles. The van der Waals surface area contributed by atoms with E-state index >= 15 is 0 Å². The molecule has 172 valence electrons. The molecule has 0 aliphatic carbocycles. The van der Waals surface area contributed by atoms with Gasteiger partial charge in [-0.2, -0.15) is 0 Å². The summed E-state index contributed by atoms with van der Waals surface area (Å²) in [5, 5.41) is 17.7. The van der Waals surface area contributed by atoms with E-state index < -0.39 is 4.92 Å². The largest absolute Gasteiger partial charge is 0.493 e. The van der Waals surface area contributed by atoms with Crippen LogP contribution in [0.2, 0.25) is 0 Å². The minimum atomic E-state index is -0.534. The van der Waals surface area contributed by atoms with Crippen LogP contribution in [-0.4, -0.2) is 29.7 Å². The lowest BCUT2D eigenvalue weighted by Crippen LogP contribution is -2.21. The second-order valence-electron chi connectivity index (χ2n) is 7.56. The fourth-order valence-electron chi connectivity index (χ4n) is 3.24. The molecule has 9 heteroatoms. The number of carbonyl (C=O) groups excluding carboxylic acids is 1. The highest BCUT2D eigenvalue weighted by Crippen LogP contribution is 2.30. The monoisotopic (exact) mass is 451 g/mol. The summed E-state index contributed by atoms with van der Waals surface area (Å²) >= 11 is 0. The molecule has 9 nitrogen and oxygen atoms in total. The smallest absolute Gasteiger partial charge is 0.338 e. The fourth-order valence-corrected chi connectivity index (χ4v) is 3.24. The van der Waals surface area contributed by atoms with E-state index in [9.17, 15) is 14.9 Å². The van der Waals surface area contributed by atoms with Gasteiger partial charge in [-0.15, -0.1) is 0 Å². The molecular weight excluding hydrogens is 426 g/mol. The second-order valence-corrected chi connectivity index (χ2v) is 7.56. The van der Waals surface area contributed by atoms with Gasteiger partial charge in [-0.3, -0.25) is 14.9 Å². The first-order valence-electron chi connectivity index (χ1n) is 10.3. The first kappa shape index (κ1) is 23.5. The van der Waals surface area contributed by atoms with Crippen LogP contribution in [0, 0.1) is 17.0 Å². The molecule has 0 spiro atoms. The Morgan fingerprint density at radius 3 is 2.67 bits per heavy atom. The molecule has 0 radical (unpaired) electrons. The Bertz CT molecular complexity index is 1180. The number of carbonyl (C=O) groups is 1. The maximum absolute atomic E-state index is 12.4. The van der Waals surface area contributed by atoms with Crippen molar-refractivity contribution in [2.45, 2.75) is 26.7 Å². The van der Waals surface area contributed by atoms with E-state index in [1.165, 1.54) is 20.1 Å². The van der Waals surface area contributed by atoms with E-state index in [1.54, 1.807) is 24.3 Å². The number of rotatable bonds is 9. The maximum Gasteiger partial charge on any atom is 0.338 e. The number of hydrogen-bond donors (Lipinski definition) is 1. The van der Waals surface area contributed by atoms with Crippen LogP contribution in [0.1, 0.15) is 42.3 Å². The number of para-hydroxylation sites is 1. The van der Waals surface area contributed by atoms with Crippen molar-refractivity contribution < 1.29 is 23.7 Å². The van der Waals surface area contributed by atoms with Crippen LogP contribution in [0.5, 0.6) is 11.5 Å². The second kappa shape index (κ2) is 10.4. The highest BCUT2D eigenvalue weighted by molar-refractivity contribution is 5.92. The molecule has 3 aromatic rings. The number of aryl methyl sites for hydroxylation is 1. The Morgan fingerprint density at radius 1 is 1.21 bits per heavy atom. The summed E-state index contributed by atoms with van der Waals surface area (Å²) in [6, 6.07) is 12.7. The zero-order chi connectivity index (χ0) is 24.0. The van der Waals surface area contributed by atoms with Crippen LogP contribution < -0.4 is 14.8 Å². The summed E-state index contributed by atoms with van der Waals surface area (Å²) in [5.74, 6) is 0.835. The van der Waals surface area contributed by atoms with Crippen molar-refractivity contribution in [3.05, 3.63) is 75.2 Å². The Morgan fingerprint density at radius 2 is 1.97 bits per heavy atom. The van der Waals surface area contributed by atoms with Crippen LogP contribution in [0.4, 0.5) is 11.4 Å². The molecule has 1 amide bonds. The van der Waals surface area contributed by atoms with E-state index in [0.29, 0.717) is 17.1 Å². The highest BCUT2D eigenvalue weighted by Gasteiger charge is 2.22. The predicted octanol–water partition coefficient (Wildman–Crippen LogP) is 5.21. The average Bonchev–Trinajstić information content (AvgIpc) is 3.17. The van der Waals surface area contributed by atoms with Crippen LogP contribution >= 0.6 is 0 Å². The normalized spacial score (nSPS) is 11.1. The van der Waals surface area contributed by atoms with E-state index in [0.717, 1.165) is 11.3 Å². The van der Waals surface area contributed by atoms with Gasteiger partial charge in [0.2, 0.25) is 5.76 Å². The third-order valence-electron chi connectivity index (χ3n) is 4.87. The van der Waals surface area contributed by atoms with Crippen molar-refractivity contribution in [2.75, 3.05) is 19.0 Å². The van der Waals surface area contributed by atoms with Crippen LogP contribution in [-0.2, 0) is 4.79 Å². The third kappa shape index (κ3) is 5.76. The molecule has 0 fully saturated rings. The number of benzene rings is 2. The molecule has 0 aliphatic rings. The number of hydrogen-bond acceptors (Lipinski definition) is 7. The topological polar surface area (TPSA) is 117 Å².